The van der Waals surface area contributed by atoms with Crippen molar-refractivity contribution >= 4 is 36.8 Å². The van der Waals surface area contributed by atoms with Gasteiger partial charge in [0.2, 0.25) is 0 Å². The van der Waals surface area contributed by atoms with Crippen LogP contribution in [0.3, 0.4) is 0 Å². The summed E-state index contributed by atoms with van der Waals surface area (Å²) in [5, 5.41) is 0. The standard InChI is InChI=1S/C31H30B2F23NO8/c1-17(2)18(3,4)63-32(62-17)13-10-14(33-64-19(5,6)20(7,8)65-33)12-15(11-13)57(9)16(58)21(34,25(39,40)41)59-30(53,54)23(37,27(45,46)47)61-31(55,56)24(38,28(48,49)50)60-29(51,52)22(35,36)26(42,43)44/h10-12H,1-9H3. The number of hydrogen-bond donors (Lipinski definition) is 0. The quantitative estimate of drug-likeness (QED) is 0.143. The van der Waals surface area contributed by atoms with Crippen molar-refractivity contribution in [3.8, 4) is 0 Å². The Bertz CT molecular complexity index is 1870. The Morgan fingerprint density at radius 1 is 0.462 bits per heavy atom. The van der Waals surface area contributed by atoms with Gasteiger partial charge in [-0.05, 0) is 78.4 Å². The highest BCUT2D eigenvalue weighted by atomic mass is 19.4. The van der Waals surface area contributed by atoms with E-state index in [2.05, 4.69) is 4.74 Å². The molecule has 1 amide bonds. The van der Waals surface area contributed by atoms with E-state index in [1.165, 1.54) is 64.9 Å². The Morgan fingerprint density at radius 2 is 0.754 bits per heavy atom. The summed E-state index contributed by atoms with van der Waals surface area (Å²) in [6.45, 7) is 11.6. The monoisotopic (exact) mass is 1000 g/mol. The highest BCUT2D eigenvalue weighted by Crippen LogP contribution is 2.59. The lowest BCUT2D eigenvalue weighted by atomic mass is 9.71. The highest BCUT2D eigenvalue weighted by molar-refractivity contribution is 6.66. The van der Waals surface area contributed by atoms with Crippen LogP contribution >= 0.6 is 0 Å². The molecule has 0 saturated carbocycles. The topological polar surface area (TPSA) is 84.9 Å². The lowest BCUT2D eigenvalue weighted by Gasteiger charge is -2.43. The average Bonchev–Trinajstić information content (AvgIpc) is 3.43. The van der Waals surface area contributed by atoms with E-state index >= 15 is 17.6 Å². The van der Waals surface area contributed by atoms with Crippen molar-refractivity contribution in [1.29, 1.82) is 0 Å². The molecule has 2 saturated heterocycles. The summed E-state index contributed by atoms with van der Waals surface area (Å²) < 4.78 is 348. The predicted octanol–water partition coefficient (Wildman–Crippen LogP) is 8.96. The Kier molecular flexibility index (Phi) is 13.6. The van der Waals surface area contributed by atoms with Crippen molar-refractivity contribution < 1.29 is 139 Å². The first-order valence-electron chi connectivity index (χ1n) is 17.2. The van der Waals surface area contributed by atoms with Gasteiger partial charge in [0.15, 0.2) is 0 Å². The minimum atomic E-state index is -8.83. The molecule has 65 heavy (non-hydrogen) atoms. The van der Waals surface area contributed by atoms with Crippen LogP contribution in [0.4, 0.5) is 107 Å². The highest BCUT2D eigenvalue weighted by Gasteiger charge is 2.88. The first kappa shape index (κ1) is 56.3. The zero-order valence-corrected chi connectivity index (χ0v) is 33.8. The van der Waals surface area contributed by atoms with Crippen LogP contribution in [0.2, 0.25) is 0 Å². The Hall–Kier alpha value is -3.07. The van der Waals surface area contributed by atoms with Crippen LogP contribution in [0.1, 0.15) is 55.4 Å². The van der Waals surface area contributed by atoms with E-state index < -0.39 is 120 Å². The van der Waals surface area contributed by atoms with Gasteiger partial charge in [-0.25, -0.2) is 0 Å². The van der Waals surface area contributed by atoms with Gasteiger partial charge in [0.1, 0.15) is 0 Å². The number of benzene rings is 1. The number of hydrogen-bond acceptors (Lipinski definition) is 8. The molecule has 0 spiro atoms. The number of halogens is 23. The van der Waals surface area contributed by atoms with Crippen molar-refractivity contribution in [1.82, 2.24) is 0 Å². The fraction of sp³-hybridized carbons (Fsp3) is 0.774. The summed E-state index contributed by atoms with van der Waals surface area (Å²) in [6.07, 6.45) is -58.2. The minimum absolute atomic E-state index is 0.00735. The molecule has 1 aromatic carbocycles. The fourth-order valence-electron chi connectivity index (χ4n) is 5.09. The zero-order valence-electron chi connectivity index (χ0n) is 33.8. The number of ether oxygens (including phenoxy) is 3. The molecule has 0 radical (unpaired) electrons. The molecule has 0 aliphatic carbocycles. The number of carbonyl (C=O) groups excluding carboxylic acids is 1. The van der Waals surface area contributed by atoms with Crippen LogP contribution in [-0.2, 0) is 37.6 Å². The first-order chi connectivity index (χ1) is 28.1. The maximum absolute atomic E-state index is 15.9. The van der Waals surface area contributed by atoms with E-state index in [0.717, 1.165) is 6.07 Å². The maximum atomic E-state index is 15.9. The van der Waals surface area contributed by atoms with Crippen LogP contribution in [0, 0.1) is 0 Å². The van der Waals surface area contributed by atoms with Crippen molar-refractivity contribution in [3.63, 3.8) is 0 Å². The molecule has 3 atom stereocenters. The molecule has 2 fully saturated rings. The van der Waals surface area contributed by atoms with Crippen LogP contribution in [0.15, 0.2) is 18.2 Å². The third kappa shape index (κ3) is 9.41. The lowest BCUT2D eigenvalue weighted by molar-refractivity contribution is -0.577. The fourth-order valence-corrected chi connectivity index (χ4v) is 5.09. The second-order valence-corrected chi connectivity index (χ2v) is 16.1. The second kappa shape index (κ2) is 15.7. The number of rotatable bonds is 13. The van der Waals surface area contributed by atoms with E-state index in [1.807, 2.05) is 0 Å². The number of amides is 1. The smallest absolute Gasteiger partial charge is 0.399 e. The predicted molar refractivity (Wildman–Crippen MR) is 170 cm³/mol. The largest absolute Gasteiger partial charge is 0.494 e. The summed E-state index contributed by atoms with van der Waals surface area (Å²) in [6, 6.07) is 2.22. The lowest BCUT2D eigenvalue weighted by Crippen LogP contribution is -2.71. The third-order valence-electron chi connectivity index (χ3n) is 10.4. The molecule has 3 rings (SSSR count). The molecule has 34 heteroatoms. The molecule has 9 nitrogen and oxygen atoms in total. The van der Waals surface area contributed by atoms with E-state index in [-0.39, 0.29) is 18.0 Å². The van der Waals surface area contributed by atoms with Gasteiger partial charge in [0, 0.05) is 12.7 Å². The second-order valence-electron chi connectivity index (χ2n) is 16.1. The molecule has 374 valence electrons. The summed E-state index contributed by atoms with van der Waals surface area (Å²) >= 11 is 0. The third-order valence-corrected chi connectivity index (χ3v) is 10.4. The van der Waals surface area contributed by atoms with Gasteiger partial charge in [-0.1, -0.05) is 6.07 Å². The van der Waals surface area contributed by atoms with Crippen molar-refractivity contribution in [2.45, 2.75) is 144 Å². The number of anilines is 1. The summed E-state index contributed by atoms with van der Waals surface area (Å²) in [4.78, 5) is 12.5. The SMILES string of the molecule is CN(C(=O)C(F)(OC(F)(F)C(F)(OC(F)(F)C(F)(OC(F)(F)C(F)(F)C(F)(F)F)C(F)(F)F)C(F)(F)F)C(F)(F)F)c1cc(B2OC(C)(C)C(C)(C)O2)cc(B2OC(C)(C)C(C)(C)O2)c1. The van der Waals surface area contributed by atoms with Gasteiger partial charge in [-0.2, -0.15) is 101 Å². The molecule has 0 bridgehead atoms. The van der Waals surface area contributed by atoms with Crippen LogP contribution in [-0.4, -0.2) is 116 Å². The Morgan fingerprint density at radius 3 is 1.03 bits per heavy atom. The molecule has 3 unspecified atom stereocenters. The van der Waals surface area contributed by atoms with Crippen molar-refractivity contribution in [3.05, 3.63) is 18.2 Å². The zero-order chi connectivity index (χ0) is 51.6. The molecule has 2 aliphatic rings. The Balaban J connectivity index is 2.23. The summed E-state index contributed by atoms with van der Waals surface area (Å²) in [5.74, 6) is -36.8. The molecule has 2 aliphatic heterocycles. The van der Waals surface area contributed by atoms with Gasteiger partial charge in [0.25, 0.3) is 0 Å². The van der Waals surface area contributed by atoms with E-state index in [4.69, 9.17) is 18.6 Å². The van der Waals surface area contributed by atoms with E-state index in [1.54, 1.807) is 0 Å². The minimum Gasteiger partial charge on any atom is -0.399 e. The number of carbonyl (C=O) groups is 1. The number of nitrogens with zero attached hydrogens (tertiary/aromatic N) is 1. The number of likely N-dealkylation sites (N-methyl/N-ethyl adjacent to an activating group) is 1. The van der Waals surface area contributed by atoms with Gasteiger partial charge in [-0.15, -0.1) is 0 Å². The normalized spacial score (nSPS) is 22.6. The number of alkyl halides is 23. The van der Waals surface area contributed by atoms with Gasteiger partial charge in [-0.3, -0.25) is 19.0 Å². The van der Waals surface area contributed by atoms with Gasteiger partial charge >= 0.3 is 86.7 Å². The molecule has 1 aromatic rings. The van der Waals surface area contributed by atoms with E-state index in [9.17, 15) is 88.2 Å². The molecule has 2 heterocycles. The first-order valence-corrected chi connectivity index (χ1v) is 17.2. The van der Waals surface area contributed by atoms with Crippen molar-refractivity contribution in [2.24, 2.45) is 0 Å². The van der Waals surface area contributed by atoms with Crippen LogP contribution in [0.25, 0.3) is 0 Å². The Labute approximate surface area is 350 Å². The van der Waals surface area contributed by atoms with Crippen LogP contribution < -0.4 is 15.8 Å². The maximum Gasteiger partial charge on any atom is 0.494 e. The molecular formula is C31H30B2F23NO8. The summed E-state index contributed by atoms with van der Waals surface area (Å²) in [5.41, 5.74) is -6.90. The average molecular weight is 1000 g/mol. The summed E-state index contributed by atoms with van der Waals surface area (Å²) in [7, 11) is -3.24. The van der Waals surface area contributed by atoms with Crippen molar-refractivity contribution in [2.75, 3.05) is 11.9 Å². The molecular weight excluding hydrogens is 973 g/mol. The molecule has 0 N–H and O–H groups in total. The van der Waals surface area contributed by atoms with E-state index in [0.29, 0.717) is 12.1 Å². The van der Waals surface area contributed by atoms with Gasteiger partial charge < -0.3 is 23.5 Å². The molecule has 0 aromatic heterocycles. The van der Waals surface area contributed by atoms with Gasteiger partial charge in [0.05, 0.1) is 22.4 Å². The van der Waals surface area contributed by atoms with Crippen LogP contribution in [0.5, 0.6) is 0 Å².